The van der Waals surface area contributed by atoms with E-state index >= 15 is 0 Å². The second kappa shape index (κ2) is 7.43. The lowest BCUT2D eigenvalue weighted by Gasteiger charge is -2.19. The zero-order valence-electron chi connectivity index (χ0n) is 9.78. The Balaban J connectivity index is 2.28. The number of rotatable bonds is 7. The van der Waals surface area contributed by atoms with Crippen LogP contribution < -0.4 is 0 Å². The van der Waals surface area contributed by atoms with Gasteiger partial charge in [-0.1, -0.05) is 37.3 Å². The predicted octanol–water partition coefficient (Wildman–Crippen LogP) is 2.20. The Morgan fingerprint density at radius 1 is 1.13 bits per heavy atom. The standard InChI is InChI=1S/C13H21NO/c1-3-14(11-12-15-2)10-9-13-7-5-4-6-8-13/h4-8H,3,9-12H2,1-2H3. The van der Waals surface area contributed by atoms with Crippen molar-refractivity contribution >= 4 is 0 Å². The number of methoxy groups -OCH3 is 1. The normalized spacial score (nSPS) is 10.9. The van der Waals surface area contributed by atoms with Gasteiger partial charge in [-0.15, -0.1) is 0 Å². The van der Waals surface area contributed by atoms with Gasteiger partial charge >= 0.3 is 0 Å². The third-order valence-electron chi connectivity index (χ3n) is 2.62. The molecule has 0 radical (unpaired) electrons. The quantitative estimate of drug-likeness (QED) is 0.679. The number of hydrogen-bond acceptors (Lipinski definition) is 2. The van der Waals surface area contributed by atoms with Crippen LogP contribution in [0.2, 0.25) is 0 Å². The van der Waals surface area contributed by atoms with Crippen molar-refractivity contribution < 1.29 is 4.74 Å². The van der Waals surface area contributed by atoms with Crippen LogP contribution in [0, 0.1) is 0 Å². The SMILES string of the molecule is CCN(CCOC)CCc1ccccc1. The summed E-state index contributed by atoms with van der Waals surface area (Å²) >= 11 is 0. The summed E-state index contributed by atoms with van der Waals surface area (Å²) in [5, 5.41) is 0. The van der Waals surface area contributed by atoms with E-state index in [4.69, 9.17) is 4.74 Å². The molecule has 0 amide bonds. The van der Waals surface area contributed by atoms with E-state index in [0.717, 1.165) is 32.7 Å². The Morgan fingerprint density at radius 2 is 1.87 bits per heavy atom. The Morgan fingerprint density at radius 3 is 2.47 bits per heavy atom. The van der Waals surface area contributed by atoms with Gasteiger partial charge in [-0.05, 0) is 18.5 Å². The van der Waals surface area contributed by atoms with Gasteiger partial charge in [0.1, 0.15) is 0 Å². The van der Waals surface area contributed by atoms with E-state index in [2.05, 4.69) is 42.2 Å². The second-order valence-corrected chi connectivity index (χ2v) is 3.66. The number of ether oxygens (including phenoxy) is 1. The summed E-state index contributed by atoms with van der Waals surface area (Å²) in [4.78, 5) is 2.41. The number of likely N-dealkylation sites (N-methyl/N-ethyl adjacent to an activating group) is 1. The highest BCUT2D eigenvalue weighted by Crippen LogP contribution is 2.01. The largest absolute Gasteiger partial charge is 0.383 e. The number of hydrogen-bond donors (Lipinski definition) is 0. The molecule has 0 aromatic heterocycles. The Kier molecular flexibility index (Phi) is 6.05. The van der Waals surface area contributed by atoms with E-state index in [-0.39, 0.29) is 0 Å². The molecule has 0 heterocycles. The first kappa shape index (κ1) is 12.2. The smallest absolute Gasteiger partial charge is 0.0589 e. The van der Waals surface area contributed by atoms with E-state index in [1.54, 1.807) is 7.11 Å². The summed E-state index contributed by atoms with van der Waals surface area (Å²) in [7, 11) is 1.75. The molecule has 0 aliphatic heterocycles. The average Bonchev–Trinajstić information content (AvgIpc) is 2.31. The maximum atomic E-state index is 5.08. The van der Waals surface area contributed by atoms with E-state index in [0.29, 0.717) is 0 Å². The van der Waals surface area contributed by atoms with Gasteiger partial charge in [0.15, 0.2) is 0 Å². The Hall–Kier alpha value is -0.860. The van der Waals surface area contributed by atoms with Crippen LogP contribution in [0.25, 0.3) is 0 Å². The summed E-state index contributed by atoms with van der Waals surface area (Å²) in [6.07, 6.45) is 1.12. The summed E-state index contributed by atoms with van der Waals surface area (Å²) in [5.41, 5.74) is 1.41. The molecule has 2 heteroatoms. The molecule has 1 aromatic rings. The molecule has 15 heavy (non-hydrogen) atoms. The van der Waals surface area contributed by atoms with E-state index in [1.807, 2.05) is 0 Å². The van der Waals surface area contributed by atoms with Crippen LogP contribution in [0.3, 0.4) is 0 Å². The Bertz CT molecular complexity index is 248. The topological polar surface area (TPSA) is 12.5 Å². The second-order valence-electron chi connectivity index (χ2n) is 3.66. The third kappa shape index (κ3) is 4.96. The fourth-order valence-electron chi connectivity index (χ4n) is 1.58. The maximum absolute atomic E-state index is 5.08. The van der Waals surface area contributed by atoms with Crippen LogP contribution in [0.5, 0.6) is 0 Å². The zero-order chi connectivity index (χ0) is 10.9. The number of nitrogens with zero attached hydrogens (tertiary/aromatic N) is 1. The van der Waals surface area contributed by atoms with Crippen LogP contribution in [-0.2, 0) is 11.2 Å². The van der Waals surface area contributed by atoms with Gasteiger partial charge in [0.2, 0.25) is 0 Å². The van der Waals surface area contributed by atoms with Crippen LogP contribution >= 0.6 is 0 Å². The summed E-state index contributed by atoms with van der Waals surface area (Å²) in [5.74, 6) is 0. The van der Waals surface area contributed by atoms with Gasteiger partial charge in [-0.25, -0.2) is 0 Å². The summed E-state index contributed by atoms with van der Waals surface area (Å²) in [6, 6.07) is 10.6. The summed E-state index contributed by atoms with van der Waals surface area (Å²) in [6.45, 7) is 6.25. The van der Waals surface area contributed by atoms with Crippen molar-refractivity contribution in [3.8, 4) is 0 Å². The molecule has 2 nitrogen and oxygen atoms in total. The third-order valence-corrected chi connectivity index (χ3v) is 2.62. The van der Waals surface area contributed by atoms with Crippen LogP contribution in [-0.4, -0.2) is 38.3 Å². The molecule has 84 valence electrons. The molecule has 0 bridgehead atoms. The first-order valence-corrected chi connectivity index (χ1v) is 5.62. The minimum atomic E-state index is 0.822. The van der Waals surface area contributed by atoms with Gasteiger partial charge in [0.05, 0.1) is 6.61 Å². The Labute approximate surface area is 92.9 Å². The van der Waals surface area contributed by atoms with Gasteiger partial charge in [0.25, 0.3) is 0 Å². The molecule has 1 aromatic carbocycles. The molecule has 0 aliphatic carbocycles. The van der Waals surface area contributed by atoms with Crippen LogP contribution in [0.15, 0.2) is 30.3 Å². The minimum absolute atomic E-state index is 0.822. The highest BCUT2D eigenvalue weighted by atomic mass is 16.5. The molecule has 0 saturated heterocycles. The molecule has 0 fully saturated rings. The predicted molar refractivity (Wildman–Crippen MR) is 64.1 cm³/mol. The molecule has 1 rings (SSSR count). The van der Waals surface area contributed by atoms with E-state index < -0.39 is 0 Å². The lowest BCUT2D eigenvalue weighted by molar-refractivity contribution is 0.151. The lowest BCUT2D eigenvalue weighted by atomic mass is 10.1. The molecule has 0 atom stereocenters. The lowest BCUT2D eigenvalue weighted by Crippen LogP contribution is -2.29. The molecule has 0 N–H and O–H groups in total. The van der Waals surface area contributed by atoms with Gasteiger partial charge in [-0.2, -0.15) is 0 Å². The monoisotopic (exact) mass is 207 g/mol. The molecule has 0 aliphatic rings. The van der Waals surface area contributed by atoms with Gasteiger partial charge in [0, 0.05) is 20.2 Å². The minimum Gasteiger partial charge on any atom is -0.383 e. The average molecular weight is 207 g/mol. The molecule has 0 spiro atoms. The van der Waals surface area contributed by atoms with Crippen molar-refractivity contribution in [1.82, 2.24) is 4.90 Å². The van der Waals surface area contributed by atoms with E-state index in [1.165, 1.54) is 5.56 Å². The molecular weight excluding hydrogens is 186 g/mol. The van der Waals surface area contributed by atoms with Crippen molar-refractivity contribution in [3.05, 3.63) is 35.9 Å². The first-order valence-electron chi connectivity index (χ1n) is 5.62. The maximum Gasteiger partial charge on any atom is 0.0589 e. The van der Waals surface area contributed by atoms with Gasteiger partial charge < -0.3 is 9.64 Å². The summed E-state index contributed by atoms with van der Waals surface area (Å²) < 4.78 is 5.08. The van der Waals surface area contributed by atoms with Crippen molar-refractivity contribution in [2.45, 2.75) is 13.3 Å². The molecular formula is C13H21NO. The molecule has 0 unspecified atom stereocenters. The first-order chi connectivity index (χ1) is 7.36. The van der Waals surface area contributed by atoms with Crippen LogP contribution in [0.4, 0.5) is 0 Å². The van der Waals surface area contributed by atoms with Crippen molar-refractivity contribution in [1.29, 1.82) is 0 Å². The zero-order valence-corrected chi connectivity index (χ0v) is 9.78. The van der Waals surface area contributed by atoms with Crippen molar-refractivity contribution in [3.63, 3.8) is 0 Å². The van der Waals surface area contributed by atoms with Crippen molar-refractivity contribution in [2.75, 3.05) is 33.4 Å². The molecule has 0 saturated carbocycles. The van der Waals surface area contributed by atoms with E-state index in [9.17, 15) is 0 Å². The van der Waals surface area contributed by atoms with Gasteiger partial charge in [-0.3, -0.25) is 0 Å². The van der Waals surface area contributed by atoms with Crippen LogP contribution in [0.1, 0.15) is 12.5 Å². The number of benzene rings is 1. The van der Waals surface area contributed by atoms with Crippen molar-refractivity contribution in [2.24, 2.45) is 0 Å². The fourth-order valence-corrected chi connectivity index (χ4v) is 1.58. The highest BCUT2D eigenvalue weighted by Gasteiger charge is 2.01. The fraction of sp³-hybridized carbons (Fsp3) is 0.538. The highest BCUT2D eigenvalue weighted by molar-refractivity contribution is 5.14.